The monoisotopic (exact) mass is 178 g/mol. The first-order valence-corrected chi connectivity index (χ1v) is 3.55. The second-order valence-electron chi connectivity index (χ2n) is 2.53. The molecule has 66 valence electrons. The summed E-state index contributed by atoms with van der Waals surface area (Å²) in [7, 11) is 0. The second kappa shape index (κ2) is 2.44. The van der Waals surface area contributed by atoms with Crippen molar-refractivity contribution < 1.29 is 0 Å². The van der Waals surface area contributed by atoms with Gasteiger partial charge in [-0.25, -0.2) is 9.78 Å². The maximum absolute atomic E-state index is 11.2. The standard InChI is InChI=1S/C7H6N4O2/c8-3-1-2-9-5-4(3)6(12)11-7(13)10-5/h1-2H,(H4,8,9,10,11,12,13). The Labute approximate surface area is 71.4 Å². The van der Waals surface area contributed by atoms with Crippen LogP contribution in [-0.2, 0) is 0 Å². The molecule has 0 aromatic carbocycles. The van der Waals surface area contributed by atoms with Crippen molar-refractivity contribution in [3.05, 3.63) is 33.1 Å². The maximum Gasteiger partial charge on any atom is 0.327 e. The SMILES string of the molecule is Nc1ccnc2[nH]c(=O)[nH]c(=O)c12. The van der Waals surface area contributed by atoms with Crippen molar-refractivity contribution in [2.24, 2.45) is 0 Å². The molecule has 2 aromatic heterocycles. The van der Waals surface area contributed by atoms with Crippen molar-refractivity contribution >= 4 is 16.7 Å². The first-order chi connectivity index (χ1) is 6.18. The van der Waals surface area contributed by atoms with Crippen LogP contribution in [0.1, 0.15) is 0 Å². The van der Waals surface area contributed by atoms with Crippen LogP contribution in [0.3, 0.4) is 0 Å². The van der Waals surface area contributed by atoms with E-state index in [1.165, 1.54) is 12.3 Å². The van der Waals surface area contributed by atoms with Gasteiger partial charge in [-0.3, -0.25) is 14.8 Å². The number of nitrogens with two attached hydrogens (primary N) is 1. The van der Waals surface area contributed by atoms with E-state index in [0.717, 1.165) is 0 Å². The highest BCUT2D eigenvalue weighted by molar-refractivity contribution is 5.85. The van der Waals surface area contributed by atoms with E-state index in [1.807, 2.05) is 0 Å². The number of H-pyrrole nitrogens is 2. The third kappa shape index (κ3) is 1.08. The third-order valence-corrected chi connectivity index (χ3v) is 1.67. The summed E-state index contributed by atoms with van der Waals surface area (Å²) in [6.07, 6.45) is 1.42. The molecule has 0 amide bonds. The molecule has 6 nitrogen and oxygen atoms in total. The van der Waals surface area contributed by atoms with E-state index >= 15 is 0 Å². The molecule has 2 aromatic rings. The number of nitrogens with zero attached hydrogens (tertiary/aromatic N) is 1. The van der Waals surface area contributed by atoms with Crippen molar-refractivity contribution in [3.8, 4) is 0 Å². The molecule has 2 rings (SSSR count). The van der Waals surface area contributed by atoms with Crippen molar-refractivity contribution in [2.45, 2.75) is 0 Å². The Morgan fingerprint density at radius 1 is 1.31 bits per heavy atom. The van der Waals surface area contributed by atoms with Gasteiger partial charge >= 0.3 is 5.69 Å². The van der Waals surface area contributed by atoms with Crippen LogP contribution < -0.4 is 17.0 Å². The van der Waals surface area contributed by atoms with Gasteiger partial charge in [-0.15, -0.1) is 0 Å². The molecule has 0 atom stereocenters. The lowest BCUT2D eigenvalue weighted by atomic mass is 10.3. The van der Waals surface area contributed by atoms with Gasteiger partial charge in [-0.2, -0.15) is 0 Å². The molecule has 0 unspecified atom stereocenters. The van der Waals surface area contributed by atoms with Gasteiger partial charge in [0.15, 0.2) is 0 Å². The van der Waals surface area contributed by atoms with Crippen LogP contribution in [0, 0.1) is 0 Å². The van der Waals surface area contributed by atoms with Gasteiger partial charge in [0.25, 0.3) is 5.56 Å². The zero-order valence-corrected chi connectivity index (χ0v) is 6.50. The van der Waals surface area contributed by atoms with Gasteiger partial charge in [0, 0.05) is 11.9 Å². The minimum Gasteiger partial charge on any atom is -0.398 e. The normalized spacial score (nSPS) is 10.5. The van der Waals surface area contributed by atoms with Gasteiger partial charge in [0.05, 0.1) is 0 Å². The van der Waals surface area contributed by atoms with Crippen LogP contribution in [-0.4, -0.2) is 15.0 Å². The summed E-state index contributed by atoms with van der Waals surface area (Å²) >= 11 is 0. The number of rotatable bonds is 0. The lowest BCUT2D eigenvalue weighted by Crippen LogP contribution is -2.23. The average molecular weight is 178 g/mol. The Morgan fingerprint density at radius 3 is 2.85 bits per heavy atom. The fourth-order valence-corrected chi connectivity index (χ4v) is 1.11. The minimum absolute atomic E-state index is 0.203. The van der Waals surface area contributed by atoms with Crippen LogP contribution in [0.15, 0.2) is 21.9 Å². The first-order valence-electron chi connectivity index (χ1n) is 3.55. The number of nitrogens with one attached hydrogen (secondary N) is 2. The zero-order valence-electron chi connectivity index (χ0n) is 6.50. The number of pyridine rings is 1. The van der Waals surface area contributed by atoms with E-state index in [4.69, 9.17) is 5.73 Å². The van der Waals surface area contributed by atoms with E-state index < -0.39 is 11.2 Å². The van der Waals surface area contributed by atoms with E-state index in [2.05, 4.69) is 15.0 Å². The van der Waals surface area contributed by atoms with Crippen LogP contribution in [0.5, 0.6) is 0 Å². The number of nitrogen functional groups attached to an aromatic ring is 1. The van der Waals surface area contributed by atoms with Crippen molar-refractivity contribution in [2.75, 3.05) is 5.73 Å². The molecule has 0 saturated heterocycles. The Morgan fingerprint density at radius 2 is 2.08 bits per heavy atom. The fourth-order valence-electron chi connectivity index (χ4n) is 1.11. The van der Waals surface area contributed by atoms with Crippen molar-refractivity contribution in [1.29, 1.82) is 0 Å². The van der Waals surface area contributed by atoms with E-state index in [1.54, 1.807) is 0 Å². The largest absolute Gasteiger partial charge is 0.398 e. The highest BCUT2D eigenvalue weighted by Gasteiger charge is 2.03. The van der Waals surface area contributed by atoms with Crippen LogP contribution >= 0.6 is 0 Å². The number of fused-ring (bicyclic) bond motifs is 1. The summed E-state index contributed by atoms with van der Waals surface area (Å²) in [5.74, 6) is 0. The van der Waals surface area contributed by atoms with Crippen molar-refractivity contribution in [1.82, 2.24) is 15.0 Å². The highest BCUT2D eigenvalue weighted by Crippen LogP contribution is 2.09. The number of aromatic nitrogens is 3. The first kappa shape index (κ1) is 7.53. The Hall–Kier alpha value is -2.11. The third-order valence-electron chi connectivity index (χ3n) is 1.67. The summed E-state index contributed by atoms with van der Waals surface area (Å²) in [4.78, 5) is 30.3. The summed E-state index contributed by atoms with van der Waals surface area (Å²) < 4.78 is 0. The Bertz CT molecular complexity index is 568. The molecular weight excluding hydrogens is 172 g/mol. The van der Waals surface area contributed by atoms with Gasteiger partial charge in [0.2, 0.25) is 0 Å². The molecule has 0 aliphatic rings. The predicted molar refractivity (Wildman–Crippen MR) is 47.4 cm³/mol. The van der Waals surface area contributed by atoms with Crippen LogP contribution in [0.4, 0.5) is 5.69 Å². The smallest absolute Gasteiger partial charge is 0.327 e. The molecule has 0 fully saturated rings. The number of aromatic amines is 2. The molecule has 13 heavy (non-hydrogen) atoms. The van der Waals surface area contributed by atoms with Gasteiger partial charge < -0.3 is 5.73 Å². The van der Waals surface area contributed by atoms with Gasteiger partial charge in [-0.05, 0) is 6.07 Å². The summed E-state index contributed by atoms with van der Waals surface area (Å²) in [6.45, 7) is 0. The van der Waals surface area contributed by atoms with Crippen LogP contribution in [0.2, 0.25) is 0 Å². The zero-order chi connectivity index (χ0) is 9.42. The topological polar surface area (TPSA) is 105 Å². The highest BCUT2D eigenvalue weighted by atomic mass is 16.2. The summed E-state index contributed by atoms with van der Waals surface area (Å²) in [6, 6.07) is 1.50. The lowest BCUT2D eigenvalue weighted by molar-refractivity contribution is 1.06. The van der Waals surface area contributed by atoms with Gasteiger partial charge in [0.1, 0.15) is 11.0 Å². The van der Waals surface area contributed by atoms with E-state index in [0.29, 0.717) is 5.69 Å². The molecule has 0 bridgehead atoms. The summed E-state index contributed by atoms with van der Waals surface area (Å²) in [5, 5.41) is 0.210. The van der Waals surface area contributed by atoms with E-state index in [9.17, 15) is 9.59 Å². The average Bonchev–Trinajstić information content (AvgIpc) is 2.02. The molecule has 2 heterocycles. The van der Waals surface area contributed by atoms with Crippen molar-refractivity contribution in [3.63, 3.8) is 0 Å². The lowest BCUT2D eigenvalue weighted by Gasteiger charge is -1.97. The van der Waals surface area contributed by atoms with Gasteiger partial charge in [-0.1, -0.05) is 0 Å². The second-order valence-corrected chi connectivity index (χ2v) is 2.53. The van der Waals surface area contributed by atoms with E-state index in [-0.39, 0.29) is 11.0 Å². The molecule has 0 aliphatic carbocycles. The maximum atomic E-state index is 11.2. The molecule has 0 radical (unpaired) electrons. The Balaban J connectivity index is 3.12. The molecular formula is C7H6N4O2. The molecule has 0 saturated carbocycles. The molecule has 6 heteroatoms. The number of hydrogen-bond donors (Lipinski definition) is 3. The quantitative estimate of drug-likeness (QED) is 0.490. The molecule has 0 spiro atoms. The molecule has 4 N–H and O–H groups in total. The molecule has 0 aliphatic heterocycles. The van der Waals surface area contributed by atoms with Crippen LogP contribution in [0.25, 0.3) is 11.0 Å². The fraction of sp³-hybridized carbons (Fsp3) is 0. The predicted octanol–water partition coefficient (Wildman–Crippen LogP) is -0.806. The number of anilines is 1. The Kier molecular flexibility index (Phi) is 1.42. The minimum atomic E-state index is -0.587. The summed E-state index contributed by atoms with van der Waals surface area (Å²) in [5.41, 5.74) is 4.91. The number of hydrogen-bond acceptors (Lipinski definition) is 4.